The lowest BCUT2D eigenvalue weighted by Crippen LogP contribution is -2.40. The minimum atomic E-state index is -2.55. The Morgan fingerprint density at radius 2 is 2.08 bits per heavy atom. The van der Waals surface area contributed by atoms with E-state index in [1.54, 1.807) is 6.92 Å². The van der Waals surface area contributed by atoms with Crippen LogP contribution in [0.25, 0.3) is 0 Å². The van der Waals surface area contributed by atoms with Gasteiger partial charge in [-0.25, -0.2) is 8.78 Å². The molecule has 0 aromatic rings. The van der Waals surface area contributed by atoms with Gasteiger partial charge in [0.1, 0.15) is 0 Å². The van der Waals surface area contributed by atoms with Gasteiger partial charge in [0.15, 0.2) is 5.90 Å². The zero-order valence-electron chi connectivity index (χ0n) is 6.77. The first-order valence-electron chi connectivity index (χ1n) is 3.64. The fourth-order valence-corrected chi connectivity index (χ4v) is 1.12. The molecule has 1 saturated carbocycles. The predicted molar refractivity (Wildman–Crippen MR) is 44.3 cm³/mol. The third kappa shape index (κ3) is 2.59. The van der Waals surface area contributed by atoms with Gasteiger partial charge in [0.05, 0.1) is 6.61 Å². The molecule has 72 valence electrons. The zero-order chi connectivity index (χ0) is 8.48. The van der Waals surface area contributed by atoms with E-state index < -0.39 is 5.92 Å². The second-order valence-corrected chi connectivity index (χ2v) is 2.76. The Hall–Kier alpha value is -0.380. The molecule has 0 unspecified atom stereocenters. The van der Waals surface area contributed by atoms with Gasteiger partial charge in [-0.2, -0.15) is 0 Å². The van der Waals surface area contributed by atoms with Crippen molar-refractivity contribution in [1.82, 2.24) is 0 Å². The van der Waals surface area contributed by atoms with E-state index in [0.717, 1.165) is 0 Å². The molecule has 1 N–H and O–H groups in total. The second kappa shape index (κ2) is 4.03. The molecule has 0 atom stereocenters. The quantitative estimate of drug-likeness (QED) is 0.538. The number of halogens is 3. The molecular weight excluding hydrogens is 188 g/mol. The van der Waals surface area contributed by atoms with Gasteiger partial charge in [0.25, 0.3) is 0 Å². The Morgan fingerprint density at radius 1 is 1.58 bits per heavy atom. The summed E-state index contributed by atoms with van der Waals surface area (Å²) in [4.78, 5) is 0. The highest BCUT2D eigenvalue weighted by atomic mass is 35.5. The van der Waals surface area contributed by atoms with E-state index >= 15 is 0 Å². The van der Waals surface area contributed by atoms with Gasteiger partial charge in [0.2, 0.25) is 5.92 Å². The van der Waals surface area contributed by atoms with Crippen molar-refractivity contribution in [2.24, 2.45) is 5.92 Å². The first-order chi connectivity index (χ1) is 5.05. The van der Waals surface area contributed by atoms with Crippen LogP contribution in [-0.2, 0) is 4.74 Å². The van der Waals surface area contributed by atoms with Crippen LogP contribution in [0.15, 0.2) is 0 Å². The van der Waals surface area contributed by atoms with Crippen molar-refractivity contribution in [2.45, 2.75) is 25.7 Å². The molecule has 0 saturated heterocycles. The molecule has 1 aliphatic rings. The summed E-state index contributed by atoms with van der Waals surface area (Å²) in [5, 5.41) is 7.17. The van der Waals surface area contributed by atoms with Gasteiger partial charge in [0, 0.05) is 18.8 Å². The van der Waals surface area contributed by atoms with Crippen LogP contribution in [0.4, 0.5) is 8.78 Å². The van der Waals surface area contributed by atoms with E-state index in [-0.39, 0.29) is 37.1 Å². The summed E-state index contributed by atoms with van der Waals surface area (Å²) in [5.74, 6) is -2.88. The van der Waals surface area contributed by atoms with E-state index in [0.29, 0.717) is 6.61 Å². The highest BCUT2D eigenvalue weighted by Gasteiger charge is 2.47. The van der Waals surface area contributed by atoms with Crippen LogP contribution in [0.1, 0.15) is 19.8 Å². The molecule has 0 aromatic carbocycles. The fraction of sp³-hybridized carbons (Fsp3) is 0.857. The summed E-state index contributed by atoms with van der Waals surface area (Å²) < 4.78 is 29.3. The maximum absolute atomic E-state index is 12.2. The summed E-state index contributed by atoms with van der Waals surface area (Å²) in [5.41, 5.74) is 0. The Kier molecular flexibility index (Phi) is 3.90. The molecule has 1 aliphatic carbocycles. The Balaban J connectivity index is 0.00000121. The van der Waals surface area contributed by atoms with Crippen LogP contribution in [0.3, 0.4) is 0 Å². The molecule has 12 heavy (non-hydrogen) atoms. The third-order valence-corrected chi connectivity index (χ3v) is 1.76. The van der Waals surface area contributed by atoms with Gasteiger partial charge in [-0.1, -0.05) is 0 Å². The molecule has 1 fully saturated rings. The van der Waals surface area contributed by atoms with Crippen LogP contribution in [-0.4, -0.2) is 18.4 Å². The Labute approximate surface area is 76.2 Å². The maximum atomic E-state index is 12.2. The van der Waals surface area contributed by atoms with Crippen molar-refractivity contribution in [3.63, 3.8) is 0 Å². The molecule has 0 aliphatic heterocycles. The van der Waals surface area contributed by atoms with Gasteiger partial charge in [-0.15, -0.1) is 12.4 Å². The summed E-state index contributed by atoms with van der Waals surface area (Å²) in [6, 6.07) is 0. The minimum Gasteiger partial charge on any atom is -0.481 e. The van der Waals surface area contributed by atoms with Crippen LogP contribution in [0, 0.1) is 11.3 Å². The molecule has 5 heteroatoms. The number of rotatable bonds is 2. The van der Waals surface area contributed by atoms with Crippen molar-refractivity contribution < 1.29 is 13.5 Å². The van der Waals surface area contributed by atoms with Crippen LogP contribution >= 0.6 is 12.4 Å². The number of hydrogen-bond donors (Lipinski definition) is 1. The van der Waals surface area contributed by atoms with Crippen molar-refractivity contribution >= 4 is 18.3 Å². The Bertz CT molecular complexity index is 167. The predicted octanol–water partition coefficient (Wildman–Crippen LogP) is 2.47. The van der Waals surface area contributed by atoms with E-state index in [1.165, 1.54) is 0 Å². The molecule has 0 radical (unpaired) electrons. The second-order valence-electron chi connectivity index (χ2n) is 2.76. The van der Waals surface area contributed by atoms with Crippen molar-refractivity contribution in [3.05, 3.63) is 0 Å². The van der Waals surface area contributed by atoms with Crippen LogP contribution in [0.5, 0.6) is 0 Å². The molecule has 0 aromatic heterocycles. The highest BCUT2D eigenvalue weighted by molar-refractivity contribution is 5.85. The Morgan fingerprint density at radius 3 is 2.42 bits per heavy atom. The van der Waals surface area contributed by atoms with E-state index in [2.05, 4.69) is 0 Å². The standard InChI is InChI=1S/C7H11F2NO.ClH/c1-2-11-6(10)5-3-7(8,9)4-5;/h5,10H,2-4H2,1H3;1H. The van der Waals surface area contributed by atoms with Crippen molar-refractivity contribution in [1.29, 1.82) is 5.41 Å². The summed E-state index contributed by atoms with van der Waals surface area (Å²) >= 11 is 0. The smallest absolute Gasteiger partial charge is 0.249 e. The third-order valence-electron chi connectivity index (χ3n) is 1.76. The number of ether oxygens (including phenoxy) is 1. The average molecular weight is 200 g/mol. The van der Waals surface area contributed by atoms with E-state index in [4.69, 9.17) is 10.1 Å². The SMILES string of the molecule is CCOC(=N)C1CC(F)(F)C1.Cl. The van der Waals surface area contributed by atoms with Gasteiger partial charge >= 0.3 is 0 Å². The van der Waals surface area contributed by atoms with Crippen LogP contribution in [0.2, 0.25) is 0 Å². The molecule has 0 bridgehead atoms. The first kappa shape index (κ1) is 11.6. The van der Waals surface area contributed by atoms with Gasteiger partial charge < -0.3 is 4.74 Å². The summed E-state index contributed by atoms with van der Waals surface area (Å²) in [6.07, 6.45) is -0.433. The van der Waals surface area contributed by atoms with E-state index in [9.17, 15) is 8.78 Å². The molecule has 2 nitrogen and oxygen atoms in total. The molecule has 1 rings (SSSR count). The molecule has 0 amide bonds. The van der Waals surface area contributed by atoms with Crippen LogP contribution < -0.4 is 0 Å². The molecular formula is C7H12ClF2NO. The van der Waals surface area contributed by atoms with Gasteiger partial charge in [-0.3, -0.25) is 5.41 Å². The summed E-state index contributed by atoms with van der Waals surface area (Å²) in [6.45, 7) is 2.13. The highest BCUT2D eigenvalue weighted by Crippen LogP contribution is 2.42. The van der Waals surface area contributed by atoms with E-state index in [1.807, 2.05) is 0 Å². The topological polar surface area (TPSA) is 33.1 Å². The van der Waals surface area contributed by atoms with Crippen molar-refractivity contribution in [2.75, 3.05) is 6.61 Å². The number of alkyl halides is 2. The molecule has 0 spiro atoms. The lowest BCUT2D eigenvalue weighted by atomic mass is 9.81. The monoisotopic (exact) mass is 199 g/mol. The zero-order valence-corrected chi connectivity index (χ0v) is 7.59. The average Bonchev–Trinajstić information content (AvgIpc) is 1.83. The normalized spacial score (nSPS) is 20.6. The first-order valence-corrected chi connectivity index (χ1v) is 3.64. The maximum Gasteiger partial charge on any atom is 0.249 e. The largest absolute Gasteiger partial charge is 0.481 e. The number of hydrogen-bond acceptors (Lipinski definition) is 2. The lowest BCUT2D eigenvalue weighted by molar-refractivity contribution is -0.0958. The fourth-order valence-electron chi connectivity index (χ4n) is 1.12. The molecule has 0 heterocycles. The summed E-state index contributed by atoms with van der Waals surface area (Å²) in [7, 11) is 0. The minimum absolute atomic E-state index is 0. The van der Waals surface area contributed by atoms with Gasteiger partial charge in [-0.05, 0) is 6.92 Å². The van der Waals surface area contributed by atoms with Crippen molar-refractivity contribution in [3.8, 4) is 0 Å². The lowest BCUT2D eigenvalue weighted by Gasteiger charge is -2.34. The number of nitrogens with one attached hydrogen (secondary N) is 1.